The molecule has 1 amide bonds. The van der Waals surface area contributed by atoms with Gasteiger partial charge in [-0.1, -0.05) is 18.2 Å². The Morgan fingerprint density at radius 3 is 2.78 bits per heavy atom. The van der Waals surface area contributed by atoms with E-state index in [0.717, 1.165) is 42.7 Å². The third-order valence-electron chi connectivity index (χ3n) is 3.25. The van der Waals surface area contributed by atoms with Crippen LogP contribution in [-0.4, -0.2) is 23.9 Å². The molecule has 0 atom stereocenters. The number of likely N-dealkylation sites (tertiary alicyclic amines) is 1. The molecule has 0 radical (unpaired) electrons. The van der Waals surface area contributed by atoms with Gasteiger partial charge in [0, 0.05) is 24.6 Å². The second-order valence-electron chi connectivity index (χ2n) is 4.55. The lowest BCUT2D eigenvalue weighted by atomic mass is 10.2. The van der Waals surface area contributed by atoms with Crippen LogP contribution in [0.3, 0.4) is 0 Å². The average molecular weight is 241 g/mol. The van der Waals surface area contributed by atoms with Crippen LogP contribution in [-0.2, 0) is 4.79 Å². The number of rotatable bonds is 2. The standard InChI is InChI=1S/C15H15NO2/c17-15(16-9-3-4-10-16)8-7-13-11-12-5-1-2-6-14(12)18-13/h1-2,5-8,11H,3-4,9-10H2/b8-7+. The zero-order valence-electron chi connectivity index (χ0n) is 10.1. The molecule has 2 heterocycles. The summed E-state index contributed by atoms with van der Waals surface area (Å²) in [6.45, 7) is 1.76. The van der Waals surface area contributed by atoms with Crippen molar-refractivity contribution in [3.8, 4) is 0 Å². The SMILES string of the molecule is O=C(/C=C/c1cc2ccccc2o1)N1CCCC1. The summed E-state index contributed by atoms with van der Waals surface area (Å²) in [7, 11) is 0. The molecule has 1 aromatic carbocycles. The van der Waals surface area contributed by atoms with Crippen molar-refractivity contribution in [3.05, 3.63) is 42.2 Å². The first-order valence-corrected chi connectivity index (χ1v) is 6.28. The number of carbonyl (C=O) groups excluding carboxylic acids is 1. The molecule has 3 rings (SSSR count). The maximum Gasteiger partial charge on any atom is 0.246 e. The number of hydrogen-bond acceptors (Lipinski definition) is 2. The summed E-state index contributed by atoms with van der Waals surface area (Å²) in [5, 5.41) is 1.06. The molecule has 1 saturated heterocycles. The Morgan fingerprint density at radius 2 is 2.00 bits per heavy atom. The summed E-state index contributed by atoms with van der Waals surface area (Å²) in [5.74, 6) is 0.803. The zero-order chi connectivity index (χ0) is 12.4. The van der Waals surface area contributed by atoms with E-state index in [1.54, 1.807) is 12.2 Å². The van der Waals surface area contributed by atoms with Crippen LogP contribution in [0.1, 0.15) is 18.6 Å². The van der Waals surface area contributed by atoms with E-state index in [1.807, 2.05) is 35.2 Å². The molecule has 3 nitrogen and oxygen atoms in total. The average Bonchev–Trinajstić information content (AvgIpc) is 3.04. The number of fused-ring (bicyclic) bond motifs is 1. The van der Waals surface area contributed by atoms with Gasteiger partial charge in [0.2, 0.25) is 5.91 Å². The van der Waals surface area contributed by atoms with Gasteiger partial charge in [-0.2, -0.15) is 0 Å². The second-order valence-corrected chi connectivity index (χ2v) is 4.55. The molecule has 0 N–H and O–H groups in total. The van der Waals surface area contributed by atoms with Gasteiger partial charge < -0.3 is 9.32 Å². The number of amides is 1. The molecule has 18 heavy (non-hydrogen) atoms. The minimum absolute atomic E-state index is 0.0768. The Hall–Kier alpha value is -2.03. The number of furan rings is 1. The van der Waals surface area contributed by atoms with Gasteiger partial charge in [-0.3, -0.25) is 4.79 Å². The summed E-state index contributed by atoms with van der Waals surface area (Å²) < 4.78 is 5.62. The van der Waals surface area contributed by atoms with Crippen LogP contribution < -0.4 is 0 Å². The minimum Gasteiger partial charge on any atom is -0.457 e. The van der Waals surface area contributed by atoms with Gasteiger partial charge in [0.1, 0.15) is 11.3 Å². The van der Waals surface area contributed by atoms with Crippen molar-refractivity contribution in [2.75, 3.05) is 13.1 Å². The molecule has 92 valence electrons. The summed E-state index contributed by atoms with van der Waals surface area (Å²) in [5.41, 5.74) is 0.853. The van der Waals surface area contributed by atoms with E-state index in [-0.39, 0.29) is 5.91 Å². The molecule has 0 spiro atoms. The number of para-hydroxylation sites is 1. The van der Waals surface area contributed by atoms with Crippen LogP contribution in [0, 0.1) is 0 Å². The molecule has 2 aromatic rings. The maximum atomic E-state index is 11.8. The van der Waals surface area contributed by atoms with Crippen LogP contribution in [0.5, 0.6) is 0 Å². The summed E-state index contributed by atoms with van der Waals surface area (Å²) >= 11 is 0. The molecule has 1 aromatic heterocycles. The Bertz CT molecular complexity index is 558. The van der Waals surface area contributed by atoms with E-state index < -0.39 is 0 Å². The van der Waals surface area contributed by atoms with Crippen molar-refractivity contribution in [2.45, 2.75) is 12.8 Å². The van der Waals surface area contributed by atoms with Gasteiger partial charge in [0.15, 0.2) is 0 Å². The lowest BCUT2D eigenvalue weighted by molar-refractivity contribution is -0.124. The monoisotopic (exact) mass is 241 g/mol. The molecule has 0 saturated carbocycles. The van der Waals surface area contributed by atoms with E-state index in [9.17, 15) is 4.79 Å². The van der Waals surface area contributed by atoms with Gasteiger partial charge in [0.25, 0.3) is 0 Å². The Morgan fingerprint density at radius 1 is 1.22 bits per heavy atom. The topological polar surface area (TPSA) is 33.5 Å². The molecule has 3 heteroatoms. The highest BCUT2D eigenvalue weighted by Crippen LogP contribution is 2.19. The van der Waals surface area contributed by atoms with E-state index in [2.05, 4.69) is 0 Å². The van der Waals surface area contributed by atoms with Gasteiger partial charge in [-0.15, -0.1) is 0 Å². The summed E-state index contributed by atoms with van der Waals surface area (Å²) in [4.78, 5) is 13.7. The second kappa shape index (κ2) is 4.69. The normalized spacial score (nSPS) is 15.9. The van der Waals surface area contributed by atoms with Gasteiger partial charge >= 0.3 is 0 Å². The fourth-order valence-corrected chi connectivity index (χ4v) is 2.28. The first-order chi connectivity index (χ1) is 8.83. The summed E-state index contributed by atoms with van der Waals surface area (Å²) in [6.07, 6.45) is 5.58. The minimum atomic E-state index is 0.0768. The van der Waals surface area contributed by atoms with Crippen molar-refractivity contribution in [1.29, 1.82) is 0 Å². The zero-order valence-corrected chi connectivity index (χ0v) is 10.1. The predicted octanol–water partition coefficient (Wildman–Crippen LogP) is 3.07. The number of benzene rings is 1. The predicted molar refractivity (Wildman–Crippen MR) is 71.1 cm³/mol. The lowest BCUT2D eigenvalue weighted by Crippen LogP contribution is -2.25. The van der Waals surface area contributed by atoms with Crippen molar-refractivity contribution in [3.63, 3.8) is 0 Å². The number of hydrogen-bond donors (Lipinski definition) is 0. The van der Waals surface area contributed by atoms with Crippen LogP contribution in [0.15, 0.2) is 40.8 Å². The van der Waals surface area contributed by atoms with E-state index in [4.69, 9.17) is 4.42 Å². The van der Waals surface area contributed by atoms with Crippen LogP contribution in [0.25, 0.3) is 17.0 Å². The fraction of sp³-hybridized carbons (Fsp3) is 0.267. The van der Waals surface area contributed by atoms with Crippen molar-refractivity contribution < 1.29 is 9.21 Å². The molecule has 1 fully saturated rings. The smallest absolute Gasteiger partial charge is 0.246 e. The molecule has 1 aliphatic heterocycles. The highest BCUT2D eigenvalue weighted by molar-refractivity contribution is 5.92. The Labute approximate surface area is 106 Å². The van der Waals surface area contributed by atoms with Gasteiger partial charge in [-0.25, -0.2) is 0 Å². The van der Waals surface area contributed by atoms with E-state index >= 15 is 0 Å². The third-order valence-corrected chi connectivity index (χ3v) is 3.25. The molecule has 0 bridgehead atoms. The van der Waals surface area contributed by atoms with Crippen molar-refractivity contribution in [2.24, 2.45) is 0 Å². The molecule has 1 aliphatic rings. The van der Waals surface area contributed by atoms with E-state index in [1.165, 1.54) is 0 Å². The van der Waals surface area contributed by atoms with Crippen molar-refractivity contribution in [1.82, 2.24) is 4.90 Å². The Kier molecular flexibility index (Phi) is 2.89. The first kappa shape index (κ1) is 11.1. The van der Waals surface area contributed by atoms with Crippen LogP contribution >= 0.6 is 0 Å². The van der Waals surface area contributed by atoms with Gasteiger partial charge in [0.05, 0.1) is 0 Å². The van der Waals surface area contributed by atoms with Crippen LogP contribution in [0.2, 0.25) is 0 Å². The van der Waals surface area contributed by atoms with Crippen molar-refractivity contribution >= 4 is 23.0 Å². The molecular formula is C15H15NO2. The summed E-state index contributed by atoms with van der Waals surface area (Å²) in [6, 6.07) is 9.78. The number of carbonyl (C=O) groups is 1. The lowest BCUT2D eigenvalue weighted by Gasteiger charge is -2.11. The quantitative estimate of drug-likeness (QED) is 0.757. The first-order valence-electron chi connectivity index (χ1n) is 6.28. The van der Waals surface area contributed by atoms with Crippen LogP contribution in [0.4, 0.5) is 0 Å². The molecule has 0 unspecified atom stereocenters. The molecular weight excluding hydrogens is 226 g/mol. The third kappa shape index (κ3) is 2.16. The largest absolute Gasteiger partial charge is 0.457 e. The maximum absolute atomic E-state index is 11.8. The highest BCUT2D eigenvalue weighted by Gasteiger charge is 2.15. The fourth-order valence-electron chi connectivity index (χ4n) is 2.28. The number of nitrogens with zero attached hydrogens (tertiary/aromatic N) is 1. The van der Waals surface area contributed by atoms with Gasteiger partial charge in [-0.05, 0) is 31.1 Å². The van der Waals surface area contributed by atoms with E-state index in [0.29, 0.717) is 0 Å². The molecule has 0 aliphatic carbocycles. The Balaban J connectivity index is 1.76. The highest BCUT2D eigenvalue weighted by atomic mass is 16.3.